The van der Waals surface area contributed by atoms with Crippen molar-refractivity contribution in [3.8, 4) is 0 Å². The number of fused-ring (bicyclic) bond motifs is 6. The van der Waals surface area contributed by atoms with Gasteiger partial charge in [-0.15, -0.1) is 0 Å². The van der Waals surface area contributed by atoms with Crippen LogP contribution in [0.25, 0.3) is 0 Å². The third kappa shape index (κ3) is 13.9. The van der Waals surface area contributed by atoms with Crippen LogP contribution in [-0.2, 0) is 32.0 Å². The summed E-state index contributed by atoms with van der Waals surface area (Å²) in [4.78, 5) is 56.6. The Bertz CT molecular complexity index is 1770. The van der Waals surface area contributed by atoms with Crippen LogP contribution in [0.5, 0.6) is 0 Å². The zero-order valence-electron chi connectivity index (χ0n) is 28.4. The van der Waals surface area contributed by atoms with E-state index in [9.17, 15) is 53.9 Å². The van der Waals surface area contributed by atoms with Gasteiger partial charge in [0.1, 0.15) is 5.02 Å². The molecule has 0 saturated carbocycles. The minimum atomic E-state index is -5.77. The van der Waals surface area contributed by atoms with Crippen LogP contribution >= 0.6 is 11.6 Å². The number of nitrogens with zero attached hydrogens (tertiary/aromatic N) is 4. The van der Waals surface area contributed by atoms with Crippen molar-refractivity contribution >= 4 is 64.2 Å². The molecule has 1 saturated heterocycles. The summed E-state index contributed by atoms with van der Waals surface area (Å²) < 4.78 is 98.2. The smallest absolute Gasteiger partial charge is 0.339 e. The van der Waals surface area contributed by atoms with Gasteiger partial charge in [0, 0.05) is 30.0 Å². The number of benzene rings is 1. The maximum absolute atomic E-state index is 13.0. The topological polar surface area (TPSA) is 146 Å². The van der Waals surface area contributed by atoms with E-state index in [1.165, 1.54) is 0 Å². The molecule has 0 atom stereocenters. The number of nitrogens with one attached hydrogen (secondary N) is 3. The highest BCUT2D eigenvalue weighted by Crippen LogP contribution is 2.30. The van der Waals surface area contributed by atoms with Crippen molar-refractivity contribution in [1.82, 2.24) is 19.9 Å². The van der Waals surface area contributed by atoms with Gasteiger partial charge in [0.05, 0.1) is 18.1 Å². The summed E-state index contributed by atoms with van der Waals surface area (Å²) in [5.41, 5.74) is 4.63. The molecule has 0 spiro atoms. The molecule has 54 heavy (non-hydrogen) atoms. The van der Waals surface area contributed by atoms with Crippen LogP contribution in [0.2, 0.25) is 5.02 Å². The first-order valence-electron chi connectivity index (χ1n) is 16.0. The lowest BCUT2D eigenvalue weighted by Gasteiger charge is -2.34. The summed E-state index contributed by atoms with van der Waals surface area (Å²) in [5.74, 6) is -5.36. The molecule has 0 unspecified atom stereocenters. The monoisotopic (exact) mass is 797 g/mol. The molecular formula is C33H33ClF9N7O4. The molecule has 5 rings (SSSR count). The summed E-state index contributed by atoms with van der Waals surface area (Å²) in [7, 11) is 0. The number of alkyl halides is 9. The van der Waals surface area contributed by atoms with E-state index in [0.717, 1.165) is 67.0 Å². The number of carbonyl (C=O) groups is 4. The Labute approximate surface area is 307 Å². The summed E-state index contributed by atoms with van der Waals surface area (Å²) in [6.45, 7) is 6.60. The molecule has 2 aliphatic rings. The highest BCUT2D eigenvalue weighted by Gasteiger charge is 2.54. The minimum Gasteiger partial charge on any atom is -0.339 e. The zero-order chi connectivity index (χ0) is 40.4. The lowest BCUT2D eigenvalue weighted by atomic mass is 9.92. The van der Waals surface area contributed by atoms with E-state index in [1.807, 2.05) is 24.4 Å². The Kier molecular flexibility index (Phi) is 14.9. The van der Waals surface area contributed by atoms with Crippen LogP contribution in [0.15, 0.2) is 42.9 Å². The molecule has 0 radical (unpaired) electrons. The molecule has 294 valence electrons. The predicted molar refractivity (Wildman–Crippen MR) is 179 cm³/mol. The number of hydrogen-bond acceptors (Lipinski definition) is 10. The molecule has 11 nitrogen and oxygen atoms in total. The lowest BCUT2D eigenvalue weighted by Crippen LogP contribution is -2.39. The van der Waals surface area contributed by atoms with Crippen LogP contribution < -0.4 is 16.0 Å². The first kappa shape index (κ1) is 43.6. The van der Waals surface area contributed by atoms with Crippen molar-refractivity contribution in [2.24, 2.45) is 5.92 Å². The molecule has 4 heterocycles. The second-order valence-corrected chi connectivity index (χ2v) is 12.6. The molecule has 3 N–H and O–H groups in total. The van der Waals surface area contributed by atoms with Gasteiger partial charge in [-0.25, -0.2) is 4.98 Å². The van der Waals surface area contributed by atoms with Gasteiger partial charge in [-0.2, -0.15) is 44.5 Å². The van der Waals surface area contributed by atoms with E-state index in [4.69, 9.17) is 16.4 Å². The molecule has 2 aliphatic heterocycles. The molecular weight excluding hydrogens is 765 g/mol. The van der Waals surface area contributed by atoms with Crippen LogP contribution in [0.4, 0.5) is 68.3 Å². The van der Waals surface area contributed by atoms with E-state index >= 15 is 0 Å². The molecule has 21 heteroatoms. The number of aryl methyl sites for hydroxylation is 2. The quantitative estimate of drug-likeness (QED) is 0.134. The number of hydrogen-bond donors (Lipinski definition) is 3. The second kappa shape index (κ2) is 18.5. The predicted octanol–water partition coefficient (Wildman–Crippen LogP) is 7.56. The van der Waals surface area contributed by atoms with E-state index in [0.29, 0.717) is 35.2 Å². The maximum Gasteiger partial charge on any atom is 0.458 e. The van der Waals surface area contributed by atoms with Crippen molar-refractivity contribution in [2.75, 3.05) is 29.0 Å². The fourth-order valence-electron chi connectivity index (χ4n) is 5.15. The largest absolute Gasteiger partial charge is 0.458 e. The number of rotatable bonds is 5. The van der Waals surface area contributed by atoms with Crippen LogP contribution in [0.1, 0.15) is 44.2 Å². The van der Waals surface area contributed by atoms with Gasteiger partial charge in [0.2, 0.25) is 18.1 Å². The molecule has 6 bridgehead atoms. The summed E-state index contributed by atoms with van der Waals surface area (Å²) in [5, 5.41) is 10.1. The van der Waals surface area contributed by atoms with Crippen LogP contribution in [-0.4, -0.2) is 81.3 Å². The van der Waals surface area contributed by atoms with Crippen molar-refractivity contribution in [2.45, 2.75) is 70.5 Å². The molecule has 0 aliphatic carbocycles. The summed E-state index contributed by atoms with van der Waals surface area (Å²) in [6.07, 6.45) is -7.84. The fraction of sp³-hybridized carbons (Fsp3) is 0.424. The number of pyridine rings is 1. The molecule has 3 aromatic rings. The normalized spacial score (nSPS) is 14.9. The molecule has 1 fully saturated rings. The fourth-order valence-corrected chi connectivity index (χ4v) is 5.29. The molecule has 2 aromatic heterocycles. The maximum atomic E-state index is 13.0. The zero-order valence-corrected chi connectivity index (χ0v) is 29.2. The Morgan fingerprint density at radius 2 is 1.52 bits per heavy atom. The van der Waals surface area contributed by atoms with Gasteiger partial charge in [0.15, 0.2) is 5.82 Å². The third-order valence-corrected chi connectivity index (χ3v) is 8.11. The highest BCUT2D eigenvalue weighted by molar-refractivity contribution is 6.41. The summed E-state index contributed by atoms with van der Waals surface area (Å²) in [6, 6.07) is 8.56. The van der Waals surface area contributed by atoms with Crippen molar-refractivity contribution in [1.29, 1.82) is 0 Å². The number of amides is 1. The van der Waals surface area contributed by atoms with Gasteiger partial charge in [-0.05, 0) is 93.9 Å². The third-order valence-electron chi connectivity index (χ3n) is 7.83. The Balaban J connectivity index is 0.000000362. The van der Waals surface area contributed by atoms with Crippen LogP contribution in [0.3, 0.4) is 0 Å². The number of ketones is 2. The Hall–Kier alpha value is -4.85. The van der Waals surface area contributed by atoms with E-state index in [1.54, 1.807) is 12.4 Å². The SMILES string of the molecule is CC(C)N1CCC(CC(=O)Nc2ccc3cc2CCc2cncc(c2)Nc2ncc(Cl)c(n2)N3)CC1.O=C(C(=O)C(F)(F)F)C(F)(F)F.O=CC(F)(F)F. The van der Waals surface area contributed by atoms with E-state index in [-0.39, 0.29) is 5.91 Å². The standard InChI is InChI=1S/C27H32ClN7O.C4F6O2.C2HF3O/c1-17(2)35-9-7-18(8-10-35)12-25(36)33-24-6-5-21-13-20(24)4-3-19-11-22(15-29-14-19)32-27-30-16-23(28)26(31-21)34-27;5-3(6,7)1(11)2(12)4(8,9)10;3-2(4,5)1-6/h5-6,11,13-18H,3-4,7-10,12H2,1-2H3,(H,33,36)(H2,30,31,32,34);;1H. The number of Topliss-reactive ketones (excluding diaryl/α,β-unsaturated/α-hetero) is 2. The van der Waals surface area contributed by atoms with Crippen molar-refractivity contribution in [3.05, 3.63) is 59.0 Å². The molecule has 1 amide bonds. The van der Waals surface area contributed by atoms with Gasteiger partial charge >= 0.3 is 30.1 Å². The van der Waals surface area contributed by atoms with Crippen molar-refractivity contribution in [3.63, 3.8) is 0 Å². The van der Waals surface area contributed by atoms with Gasteiger partial charge < -0.3 is 20.9 Å². The number of carbonyl (C=O) groups excluding carboxylic acids is 4. The van der Waals surface area contributed by atoms with Gasteiger partial charge in [-0.3, -0.25) is 24.2 Å². The number of aldehydes is 1. The first-order chi connectivity index (χ1) is 25.0. The average Bonchev–Trinajstić information content (AvgIpc) is 3.09. The molecule has 1 aromatic carbocycles. The lowest BCUT2D eigenvalue weighted by molar-refractivity contribution is -0.193. The first-order valence-corrected chi connectivity index (χ1v) is 16.4. The van der Waals surface area contributed by atoms with Crippen molar-refractivity contribution < 1.29 is 58.7 Å². The minimum absolute atomic E-state index is 0.0780. The van der Waals surface area contributed by atoms with Gasteiger partial charge in [-0.1, -0.05) is 11.6 Å². The second-order valence-electron chi connectivity index (χ2n) is 12.2. The number of aromatic nitrogens is 3. The van der Waals surface area contributed by atoms with E-state index in [2.05, 4.69) is 55.7 Å². The van der Waals surface area contributed by atoms with E-state index < -0.39 is 36.4 Å². The number of piperidine rings is 1. The highest BCUT2D eigenvalue weighted by atomic mass is 35.5. The van der Waals surface area contributed by atoms with Crippen LogP contribution in [0, 0.1) is 5.92 Å². The number of likely N-dealkylation sites (tertiary alicyclic amines) is 1. The number of halogens is 10. The van der Waals surface area contributed by atoms with Gasteiger partial charge in [0.25, 0.3) is 0 Å². The Morgan fingerprint density at radius 1 is 0.907 bits per heavy atom. The Morgan fingerprint density at radius 3 is 2.07 bits per heavy atom. The average molecular weight is 798 g/mol. The number of anilines is 5. The summed E-state index contributed by atoms with van der Waals surface area (Å²) >= 11 is 6.36.